The van der Waals surface area contributed by atoms with E-state index in [4.69, 9.17) is 13.9 Å². The molecule has 0 saturated carbocycles. The number of benzene rings is 2. The molecule has 1 heterocycles. The van der Waals surface area contributed by atoms with Crippen molar-refractivity contribution in [3.8, 4) is 5.75 Å². The second-order valence-electron chi connectivity index (χ2n) is 6.40. The van der Waals surface area contributed by atoms with Gasteiger partial charge in [-0.15, -0.1) is 0 Å². The maximum Gasteiger partial charge on any atom is 0.375 e. The van der Waals surface area contributed by atoms with Crippen LogP contribution in [0.2, 0.25) is 0 Å². The molecule has 8 heteroatoms. The molecule has 1 amide bonds. The highest BCUT2D eigenvalue weighted by Gasteiger charge is 2.21. The van der Waals surface area contributed by atoms with Crippen LogP contribution in [-0.2, 0) is 22.7 Å². The molecule has 0 aliphatic heterocycles. The minimum absolute atomic E-state index is 0.0343. The van der Waals surface area contributed by atoms with Gasteiger partial charge in [-0.25, -0.2) is 13.6 Å². The Labute approximate surface area is 171 Å². The highest BCUT2D eigenvalue weighted by atomic mass is 19.1. The molecule has 30 heavy (non-hydrogen) atoms. The molecule has 1 unspecified atom stereocenters. The summed E-state index contributed by atoms with van der Waals surface area (Å²) >= 11 is 0. The summed E-state index contributed by atoms with van der Waals surface area (Å²) in [7, 11) is 0. The topological polar surface area (TPSA) is 77.8 Å². The summed E-state index contributed by atoms with van der Waals surface area (Å²) in [6, 6.07) is 14.1. The van der Waals surface area contributed by atoms with Crippen LogP contribution in [0.4, 0.5) is 8.78 Å². The minimum Gasteiger partial charge on any atom is -0.486 e. The van der Waals surface area contributed by atoms with E-state index in [1.807, 2.05) is 0 Å². The Kier molecular flexibility index (Phi) is 6.79. The Hall–Kier alpha value is -3.68. The van der Waals surface area contributed by atoms with Gasteiger partial charge in [0.1, 0.15) is 29.8 Å². The van der Waals surface area contributed by atoms with Crippen molar-refractivity contribution in [1.82, 2.24) is 5.32 Å². The molecule has 1 atom stereocenters. The van der Waals surface area contributed by atoms with Gasteiger partial charge in [0.15, 0.2) is 6.10 Å². The van der Waals surface area contributed by atoms with E-state index in [0.717, 1.165) is 0 Å². The van der Waals surface area contributed by atoms with Gasteiger partial charge in [-0.1, -0.05) is 12.1 Å². The van der Waals surface area contributed by atoms with Crippen LogP contribution in [0.3, 0.4) is 0 Å². The Morgan fingerprint density at radius 2 is 1.60 bits per heavy atom. The number of furan rings is 1. The molecular formula is C22H19F2NO5. The lowest BCUT2D eigenvalue weighted by molar-refractivity contribution is -0.129. The summed E-state index contributed by atoms with van der Waals surface area (Å²) in [6.07, 6.45) is -1.05. The molecule has 3 rings (SSSR count). The number of hydrogen-bond acceptors (Lipinski definition) is 5. The number of esters is 1. The maximum atomic E-state index is 12.9. The fourth-order valence-corrected chi connectivity index (χ4v) is 2.46. The largest absolute Gasteiger partial charge is 0.486 e. The van der Waals surface area contributed by atoms with Crippen LogP contribution in [0.15, 0.2) is 65.1 Å². The SMILES string of the molecule is CC(OC(=O)c1ccc(COc2ccc(F)cc2)o1)C(=O)NCc1ccc(F)cc1. The van der Waals surface area contributed by atoms with Gasteiger partial charge in [0.2, 0.25) is 5.76 Å². The molecular weight excluding hydrogens is 396 g/mol. The lowest BCUT2D eigenvalue weighted by atomic mass is 10.2. The van der Waals surface area contributed by atoms with Crippen LogP contribution in [-0.4, -0.2) is 18.0 Å². The summed E-state index contributed by atoms with van der Waals surface area (Å²) in [6.45, 7) is 1.64. The van der Waals surface area contributed by atoms with E-state index in [1.165, 1.54) is 49.4 Å². The number of rotatable bonds is 8. The third-order valence-electron chi connectivity index (χ3n) is 4.09. The van der Waals surface area contributed by atoms with E-state index < -0.39 is 18.0 Å². The first-order valence-electron chi connectivity index (χ1n) is 9.11. The molecule has 3 aromatic rings. The highest BCUT2D eigenvalue weighted by molar-refractivity contribution is 5.90. The van der Waals surface area contributed by atoms with Crippen molar-refractivity contribution in [2.45, 2.75) is 26.2 Å². The van der Waals surface area contributed by atoms with Crippen LogP contribution < -0.4 is 10.1 Å². The van der Waals surface area contributed by atoms with E-state index >= 15 is 0 Å². The van der Waals surface area contributed by atoms with Crippen LogP contribution >= 0.6 is 0 Å². The smallest absolute Gasteiger partial charge is 0.375 e. The predicted molar refractivity (Wildman–Crippen MR) is 103 cm³/mol. The van der Waals surface area contributed by atoms with Crippen molar-refractivity contribution in [3.63, 3.8) is 0 Å². The average molecular weight is 415 g/mol. The Balaban J connectivity index is 1.47. The third kappa shape index (κ3) is 5.91. The quantitative estimate of drug-likeness (QED) is 0.563. The first-order valence-corrected chi connectivity index (χ1v) is 9.11. The summed E-state index contributed by atoms with van der Waals surface area (Å²) in [4.78, 5) is 24.3. The number of nitrogens with one attached hydrogen (secondary N) is 1. The molecule has 0 spiro atoms. The number of carbonyl (C=O) groups excluding carboxylic acids is 2. The summed E-state index contributed by atoms with van der Waals surface area (Å²) in [5.41, 5.74) is 0.708. The summed E-state index contributed by atoms with van der Waals surface area (Å²) < 4.78 is 41.7. The number of carbonyl (C=O) groups is 2. The zero-order valence-electron chi connectivity index (χ0n) is 16.1. The first-order chi connectivity index (χ1) is 14.4. The monoisotopic (exact) mass is 415 g/mol. The second-order valence-corrected chi connectivity index (χ2v) is 6.40. The van der Waals surface area contributed by atoms with Crippen molar-refractivity contribution in [3.05, 3.63) is 89.4 Å². The van der Waals surface area contributed by atoms with Gasteiger partial charge in [0.25, 0.3) is 5.91 Å². The van der Waals surface area contributed by atoms with Crippen molar-refractivity contribution >= 4 is 11.9 Å². The number of amides is 1. The zero-order chi connectivity index (χ0) is 21.5. The van der Waals surface area contributed by atoms with Gasteiger partial charge >= 0.3 is 5.97 Å². The lowest BCUT2D eigenvalue weighted by Crippen LogP contribution is -2.35. The van der Waals surface area contributed by atoms with Gasteiger partial charge < -0.3 is 19.2 Å². The Bertz CT molecular complexity index is 999. The van der Waals surface area contributed by atoms with Crippen LogP contribution in [0.5, 0.6) is 5.75 Å². The third-order valence-corrected chi connectivity index (χ3v) is 4.09. The van der Waals surface area contributed by atoms with Gasteiger partial charge in [0.05, 0.1) is 0 Å². The molecule has 0 bridgehead atoms. The molecule has 0 aliphatic carbocycles. The summed E-state index contributed by atoms with van der Waals surface area (Å²) in [5, 5.41) is 2.61. The fraction of sp³-hybridized carbons (Fsp3) is 0.182. The zero-order valence-corrected chi connectivity index (χ0v) is 16.1. The Morgan fingerprint density at radius 1 is 0.967 bits per heavy atom. The van der Waals surface area contributed by atoms with Crippen molar-refractivity contribution in [2.75, 3.05) is 0 Å². The van der Waals surface area contributed by atoms with Crippen LogP contribution in [0, 0.1) is 11.6 Å². The standard InChI is InChI=1S/C22H19F2NO5/c1-14(21(26)25-12-15-2-4-16(23)5-3-15)29-22(27)20-11-10-19(30-20)13-28-18-8-6-17(24)7-9-18/h2-11,14H,12-13H2,1H3,(H,25,26). The number of halogens is 2. The van der Waals surface area contributed by atoms with Gasteiger partial charge in [0, 0.05) is 6.54 Å². The van der Waals surface area contributed by atoms with Crippen molar-refractivity contribution < 1.29 is 32.3 Å². The van der Waals surface area contributed by atoms with E-state index in [1.54, 1.807) is 18.2 Å². The van der Waals surface area contributed by atoms with E-state index in [0.29, 0.717) is 17.1 Å². The van der Waals surface area contributed by atoms with E-state index in [-0.39, 0.29) is 30.5 Å². The van der Waals surface area contributed by atoms with Gasteiger partial charge in [-0.05, 0) is 61.0 Å². The maximum absolute atomic E-state index is 12.9. The molecule has 1 N–H and O–H groups in total. The van der Waals surface area contributed by atoms with Crippen molar-refractivity contribution in [2.24, 2.45) is 0 Å². The molecule has 0 fully saturated rings. The van der Waals surface area contributed by atoms with E-state index in [9.17, 15) is 18.4 Å². The van der Waals surface area contributed by atoms with Gasteiger partial charge in [-0.3, -0.25) is 4.79 Å². The second kappa shape index (κ2) is 9.69. The number of ether oxygens (including phenoxy) is 2. The van der Waals surface area contributed by atoms with Crippen LogP contribution in [0.1, 0.15) is 28.8 Å². The highest BCUT2D eigenvalue weighted by Crippen LogP contribution is 2.16. The minimum atomic E-state index is -1.05. The average Bonchev–Trinajstić information content (AvgIpc) is 3.22. The number of hydrogen-bond donors (Lipinski definition) is 1. The molecule has 0 saturated heterocycles. The molecule has 6 nitrogen and oxygen atoms in total. The first kappa shape index (κ1) is 21.0. The summed E-state index contributed by atoms with van der Waals surface area (Å²) in [5.74, 6) is -1.31. The molecule has 0 aliphatic rings. The molecule has 2 aromatic carbocycles. The van der Waals surface area contributed by atoms with Crippen molar-refractivity contribution in [1.29, 1.82) is 0 Å². The predicted octanol–water partition coefficient (Wildman–Crippen LogP) is 4.00. The fourth-order valence-electron chi connectivity index (χ4n) is 2.46. The molecule has 0 radical (unpaired) electrons. The Morgan fingerprint density at radius 3 is 2.27 bits per heavy atom. The van der Waals surface area contributed by atoms with Gasteiger partial charge in [-0.2, -0.15) is 0 Å². The van der Waals surface area contributed by atoms with E-state index in [2.05, 4.69) is 5.32 Å². The molecule has 1 aromatic heterocycles. The molecule has 156 valence electrons. The lowest BCUT2D eigenvalue weighted by Gasteiger charge is -2.12. The van der Waals surface area contributed by atoms with Crippen LogP contribution in [0.25, 0.3) is 0 Å². The normalized spacial score (nSPS) is 11.6.